The molecule has 2 nitrogen and oxygen atoms in total. The van der Waals surface area contributed by atoms with Gasteiger partial charge in [0.05, 0.1) is 0 Å². The van der Waals surface area contributed by atoms with Crippen LogP contribution in [0, 0.1) is 5.92 Å². The Morgan fingerprint density at radius 1 is 1.19 bits per heavy atom. The summed E-state index contributed by atoms with van der Waals surface area (Å²) in [7, 11) is 0. The largest absolute Gasteiger partial charge is 0.312 e. The normalized spacial score (nSPS) is 30.2. The maximum atomic E-state index is 3.66. The van der Waals surface area contributed by atoms with Crippen LogP contribution in [0.5, 0.6) is 0 Å². The molecule has 2 aliphatic rings. The molecular formula is C14H20N2. The van der Waals surface area contributed by atoms with Gasteiger partial charge in [-0.15, -0.1) is 0 Å². The predicted molar refractivity (Wildman–Crippen MR) is 66.2 cm³/mol. The monoisotopic (exact) mass is 216 g/mol. The number of fused-ring (bicyclic) bond motifs is 1. The van der Waals surface area contributed by atoms with Gasteiger partial charge in [-0.1, -0.05) is 30.3 Å². The first-order chi connectivity index (χ1) is 7.92. The molecule has 0 saturated carbocycles. The highest BCUT2D eigenvalue weighted by atomic mass is 15.2. The van der Waals surface area contributed by atoms with Gasteiger partial charge in [0.25, 0.3) is 0 Å². The Hall–Kier alpha value is -0.860. The molecule has 1 unspecified atom stereocenters. The van der Waals surface area contributed by atoms with Crippen LogP contribution in [-0.4, -0.2) is 30.6 Å². The number of nitrogens with zero attached hydrogens (tertiary/aromatic N) is 1. The van der Waals surface area contributed by atoms with Crippen LogP contribution in [0.1, 0.15) is 18.4 Å². The number of rotatable bonds is 2. The van der Waals surface area contributed by atoms with Crippen molar-refractivity contribution >= 4 is 0 Å². The Bertz CT molecular complexity index is 322. The minimum atomic E-state index is 0.762. The number of likely N-dealkylation sites (tertiary alicyclic amines) is 1. The molecule has 0 radical (unpaired) electrons. The van der Waals surface area contributed by atoms with Gasteiger partial charge in [-0.25, -0.2) is 0 Å². The van der Waals surface area contributed by atoms with E-state index >= 15 is 0 Å². The molecule has 2 atom stereocenters. The molecule has 2 saturated heterocycles. The molecule has 0 bridgehead atoms. The van der Waals surface area contributed by atoms with Crippen molar-refractivity contribution < 1.29 is 0 Å². The molecule has 2 aliphatic heterocycles. The topological polar surface area (TPSA) is 15.3 Å². The summed E-state index contributed by atoms with van der Waals surface area (Å²) in [5, 5.41) is 3.66. The van der Waals surface area contributed by atoms with E-state index in [4.69, 9.17) is 0 Å². The third-order valence-corrected chi connectivity index (χ3v) is 3.92. The quantitative estimate of drug-likeness (QED) is 0.812. The van der Waals surface area contributed by atoms with Crippen LogP contribution in [0.4, 0.5) is 0 Å². The summed E-state index contributed by atoms with van der Waals surface area (Å²) in [5.41, 5.74) is 1.45. The van der Waals surface area contributed by atoms with E-state index in [0.717, 1.165) is 18.5 Å². The van der Waals surface area contributed by atoms with Crippen molar-refractivity contribution in [3.8, 4) is 0 Å². The summed E-state index contributed by atoms with van der Waals surface area (Å²) in [5.74, 6) is 0.900. The van der Waals surface area contributed by atoms with Crippen LogP contribution in [-0.2, 0) is 6.54 Å². The third kappa shape index (κ3) is 2.13. The smallest absolute Gasteiger partial charge is 0.0235 e. The highest BCUT2D eigenvalue weighted by Gasteiger charge is 2.33. The van der Waals surface area contributed by atoms with Gasteiger partial charge in [0.2, 0.25) is 0 Å². The summed E-state index contributed by atoms with van der Waals surface area (Å²) >= 11 is 0. The number of hydrogen-bond donors (Lipinski definition) is 1. The van der Waals surface area contributed by atoms with Crippen LogP contribution in [0.3, 0.4) is 0 Å². The molecule has 1 aromatic rings. The van der Waals surface area contributed by atoms with Crippen LogP contribution in [0.25, 0.3) is 0 Å². The summed E-state index contributed by atoms with van der Waals surface area (Å²) < 4.78 is 0. The summed E-state index contributed by atoms with van der Waals surface area (Å²) in [6.45, 7) is 4.86. The number of piperidine rings is 1. The summed E-state index contributed by atoms with van der Waals surface area (Å²) in [4.78, 5) is 2.60. The van der Waals surface area contributed by atoms with Crippen molar-refractivity contribution in [2.75, 3.05) is 19.6 Å². The van der Waals surface area contributed by atoms with Gasteiger partial charge in [-0.2, -0.15) is 0 Å². The van der Waals surface area contributed by atoms with Crippen LogP contribution >= 0.6 is 0 Å². The fraction of sp³-hybridized carbons (Fsp3) is 0.571. The Morgan fingerprint density at radius 2 is 2.06 bits per heavy atom. The molecular weight excluding hydrogens is 196 g/mol. The first kappa shape index (κ1) is 10.3. The third-order valence-electron chi connectivity index (χ3n) is 3.92. The molecule has 0 spiro atoms. The van der Waals surface area contributed by atoms with Crippen LogP contribution in [0.15, 0.2) is 30.3 Å². The van der Waals surface area contributed by atoms with E-state index < -0.39 is 0 Å². The van der Waals surface area contributed by atoms with Crippen molar-refractivity contribution in [2.45, 2.75) is 25.4 Å². The van der Waals surface area contributed by atoms with E-state index in [1.54, 1.807) is 0 Å². The Morgan fingerprint density at radius 3 is 2.88 bits per heavy atom. The van der Waals surface area contributed by atoms with Gasteiger partial charge < -0.3 is 5.32 Å². The minimum Gasteiger partial charge on any atom is -0.312 e. The maximum Gasteiger partial charge on any atom is 0.0235 e. The fourth-order valence-electron chi connectivity index (χ4n) is 3.11. The van der Waals surface area contributed by atoms with Crippen molar-refractivity contribution in [1.29, 1.82) is 0 Å². The second-order valence-corrected chi connectivity index (χ2v) is 5.14. The second-order valence-electron chi connectivity index (χ2n) is 5.14. The van der Waals surface area contributed by atoms with Crippen molar-refractivity contribution in [3.63, 3.8) is 0 Å². The highest BCUT2D eigenvalue weighted by molar-refractivity contribution is 5.15. The lowest BCUT2D eigenvalue weighted by molar-refractivity contribution is 0.312. The predicted octanol–water partition coefficient (Wildman–Crippen LogP) is 1.87. The Kier molecular flexibility index (Phi) is 2.94. The molecule has 2 heteroatoms. The molecule has 3 rings (SSSR count). The molecule has 1 aromatic carbocycles. The zero-order valence-electron chi connectivity index (χ0n) is 9.73. The fourth-order valence-corrected chi connectivity index (χ4v) is 3.11. The maximum absolute atomic E-state index is 3.66. The first-order valence-electron chi connectivity index (χ1n) is 6.41. The Balaban J connectivity index is 1.61. The molecule has 86 valence electrons. The van der Waals surface area contributed by atoms with Gasteiger partial charge in [0.15, 0.2) is 0 Å². The van der Waals surface area contributed by atoms with Gasteiger partial charge in [0.1, 0.15) is 0 Å². The lowest BCUT2D eigenvalue weighted by Crippen LogP contribution is -2.40. The van der Waals surface area contributed by atoms with E-state index in [-0.39, 0.29) is 0 Å². The summed E-state index contributed by atoms with van der Waals surface area (Å²) in [6.07, 6.45) is 2.78. The van der Waals surface area contributed by atoms with Gasteiger partial charge in [-0.3, -0.25) is 4.90 Å². The standard InChI is InChI=1S/C14H20N2/c1-2-5-12(6-3-1)9-16-10-13-7-4-8-15-14(13)11-16/h1-3,5-6,13-15H,4,7-11H2/t13?,14-/m0/s1. The van der Waals surface area contributed by atoms with E-state index in [9.17, 15) is 0 Å². The molecule has 2 heterocycles. The minimum absolute atomic E-state index is 0.762. The zero-order valence-corrected chi connectivity index (χ0v) is 9.73. The summed E-state index contributed by atoms with van der Waals surface area (Å²) in [6, 6.07) is 11.6. The SMILES string of the molecule is c1ccc(CN2CC3CCCN[C@H]3C2)cc1. The van der Waals surface area contributed by atoms with Gasteiger partial charge >= 0.3 is 0 Å². The molecule has 2 fully saturated rings. The molecule has 0 amide bonds. The Labute approximate surface area is 97.6 Å². The van der Waals surface area contributed by atoms with Crippen molar-refractivity contribution in [1.82, 2.24) is 10.2 Å². The zero-order chi connectivity index (χ0) is 10.8. The van der Waals surface area contributed by atoms with E-state index in [2.05, 4.69) is 40.5 Å². The molecule has 0 aliphatic carbocycles. The molecule has 1 N–H and O–H groups in total. The first-order valence-corrected chi connectivity index (χ1v) is 6.41. The second kappa shape index (κ2) is 4.56. The van der Waals surface area contributed by atoms with E-state index in [1.165, 1.54) is 38.0 Å². The lowest BCUT2D eigenvalue weighted by atomic mass is 9.94. The lowest BCUT2D eigenvalue weighted by Gasteiger charge is -2.24. The van der Waals surface area contributed by atoms with Crippen molar-refractivity contribution in [3.05, 3.63) is 35.9 Å². The molecule has 0 aromatic heterocycles. The average molecular weight is 216 g/mol. The van der Waals surface area contributed by atoms with Gasteiger partial charge in [-0.05, 0) is 30.9 Å². The molecule has 16 heavy (non-hydrogen) atoms. The van der Waals surface area contributed by atoms with Gasteiger partial charge in [0, 0.05) is 25.7 Å². The average Bonchev–Trinajstić information content (AvgIpc) is 2.72. The van der Waals surface area contributed by atoms with Crippen LogP contribution in [0.2, 0.25) is 0 Å². The van der Waals surface area contributed by atoms with Crippen molar-refractivity contribution in [2.24, 2.45) is 5.92 Å². The van der Waals surface area contributed by atoms with E-state index in [0.29, 0.717) is 0 Å². The highest BCUT2D eigenvalue weighted by Crippen LogP contribution is 2.25. The number of hydrogen-bond acceptors (Lipinski definition) is 2. The van der Waals surface area contributed by atoms with E-state index in [1.807, 2.05) is 0 Å². The number of benzene rings is 1. The van der Waals surface area contributed by atoms with Crippen LogP contribution < -0.4 is 5.32 Å². The number of nitrogens with one attached hydrogen (secondary N) is 1.